The number of likely N-dealkylation sites (N-methyl/N-ethyl adjacent to an activating group) is 2. The van der Waals surface area contributed by atoms with E-state index in [4.69, 9.17) is 5.21 Å². The molecule has 0 aliphatic heterocycles. The maximum absolute atomic E-state index is 12.6. The molecule has 2 rings (SSSR count). The fraction of sp³-hybridized carbons (Fsp3) is 0.450. The number of carbonyl (C=O) groups is 1. The first kappa shape index (κ1) is 19.2. The highest BCUT2D eigenvalue weighted by Crippen LogP contribution is 2.16. The average Bonchev–Trinajstić information content (AvgIpc) is 2.67. The molecule has 0 bridgehead atoms. The zero-order chi connectivity index (χ0) is 18.2. The van der Waals surface area contributed by atoms with Gasteiger partial charge in [-0.2, -0.15) is 5.48 Å². The molecule has 0 radical (unpaired) electrons. The van der Waals surface area contributed by atoms with Crippen LogP contribution < -0.4 is 10.8 Å². The maximum atomic E-state index is 12.6. The molecule has 2 unspecified atom stereocenters. The van der Waals surface area contributed by atoms with Crippen molar-refractivity contribution in [1.82, 2.24) is 15.7 Å². The maximum Gasteiger partial charge on any atom is 0.253 e. The van der Waals surface area contributed by atoms with Crippen LogP contribution in [0.5, 0.6) is 0 Å². The van der Waals surface area contributed by atoms with Crippen LogP contribution >= 0.6 is 0 Å². The van der Waals surface area contributed by atoms with Crippen LogP contribution in [0.4, 0.5) is 0 Å². The molecular formula is C20H27N3O2. The van der Waals surface area contributed by atoms with Crippen molar-refractivity contribution < 1.29 is 10.0 Å². The van der Waals surface area contributed by atoms with E-state index in [0.717, 1.165) is 18.4 Å². The van der Waals surface area contributed by atoms with E-state index in [1.54, 1.807) is 31.1 Å². The number of allylic oxidation sites excluding steroid dienone is 2. The summed E-state index contributed by atoms with van der Waals surface area (Å²) in [5, 5.41) is 12.0. The number of hydrogen-bond acceptors (Lipinski definition) is 4. The molecule has 0 aromatic heterocycles. The van der Waals surface area contributed by atoms with Crippen LogP contribution in [0.2, 0.25) is 0 Å². The van der Waals surface area contributed by atoms with Gasteiger partial charge in [0.25, 0.3) is 5.91 Å². The van der Waals surface area contributed by atoms with Crippen molar-refractivity contribution in [2.45, 2.75) is 44.8 Å². The number of rotatable bonds is 5. The smallest absolute Gasteiger partial charge is 0.253 e. The summed E-state index contributed by atoms with van der Waals surface area (Å²) in [7, 11) is 3.44. The normalized spacial score (nSPS) is 16.2. The number of amides is 1. The van der Waals surface area contributed by atoms with Crippen LogP contribution in [0.1, 0.15) is 48.5 Å². The molecule has 0 saturated carbocycles. The predicted molar refractivity (Wildman–Crippen MR) is 99.2 cm³/mol. The van der Waals surface area contributed by atoms with Gasteiger partial charge in [0.1, 0.15) is 6.17 Å². The first-order chi connectivity index (χ1) is 12.1. The van der Waals surface area contributed by atoms with Gasteiger partial charge in [-0.15, -0.1) is 0 Å². The molecule has 1 aromatic rings. The van der Waals surface area contributed by atoms with E-state index >= 15 is 0 Å². The van der Waals surface area contributed by atoms with Crippen LogP contribution in [-0.2, 0) is 0 Å². The minimum atomic E-state index is -0.400. The number of carbonyl (C=O) groups excluding carboxylic acids is 1. The Morgan fingerprint density at radius 3 is 2.52 bits per heavy atom. The van der Waals surface area contributed by atoms with E-state index in [1.807, 2.05) is 19.1 Å². The van der Waals surface area contributed by atoms with Gasteiger partial charge in [0.2, 0.25) is 0 Å². The molecule has 1 amide bonds. The van der Waals surface area contributed by atoms with Crippen molar-refractivity contribution in [2.24, 2.45) is 0 Å². The quantitative estimate of drug-likeness (QED) is 0.437. The molecule has 2 atom stereocenters. The molecule has 0 spiro atoms. The van der Waals surface area contributed by atoms with Crippen molar-refractivity contribution in [3.8, 4) is 11.8 Å². The van der Waals surface area contributed by atoms with Crippen LogP contribution in [0.3, 0.4) is 0 Å². The number of hydrogen-bond donors (Lipinski definition) is 3. The van der Waals surface area contributed by atoms with Crippen LogP contribution in [-0.4, -0.2) is 42.3 Å². The molecule has 25 heavy (non-hydrogen) atoms. The first-order valence-electron chi connectivity index (χ1n) is 8.72. The highest BCUT2D eigenvalue weighted by molar-refractivity contribution is 5.94. The van der Waals surface area contributed by atoms with Crippen molar-refractivity contribution in [3.63, 3.8) is 0 Å². The summed E-state index contributed by atoms with van der Waals surface area (Å²) in [6.07, 6.45) is 6.49. The topological polar surface area (TPSA) is 64.6 Å². The lowest BCUT2D eigenvalue weighted by Crippen LogP contribution is -2.54. The number of hydroxylamine groups is 1. The number of nitrogens with zero attached hydrogens (tertiary/aromatic N) is 1. The Hall–Kier alpha value is -2.13. The van der Waals surface area contributed by atoms with Gasteiger partial charge in [-0.1, -0.05) is 17.9 Å². The summed E-state index contributed by atoms with van der Waals surface area (Å²) in [6.45, 7) is 1.86. The van der Waals surface area contributed by atoms with Crippen molar-refractivity contribution >= 4 is 5.91 Å². The average molecular weight is 341 g/mol. The Labute approximate surface area is 150 Å². The molecule has 1 aliphatic rings. The second kappa shape index (κ2) is 9.38. The minimum absolute atomic E-state index is 0.0995. The molecule has 1 aliphatic carbocycles. The standard InChI is InChI=1S/C20H27N3O2/c1-15(19(21-2)22-25)23(3)20(24)18-13-11-17(12-14-18)10-9-16-7-5-4-6-8-16/h7,11-15,19,21-22,25H,4-6,8H2,1-3H3. The van der Waals surface area contributed by atoms with Crippen LogP contribution in [0, 0.1) is 11.8 Å². The van der Waals surface area contributed by atoms with Gasteiger partial charge >= 0.3 is 0 Å². The predicted octanol–water partition coefficient (Wildman–Crippen LogP) is 2.52. The van der Waals surface area contributed by atoms with Gasteiger partial charge in [0.05, 0.1) is 6.04 Å². The summed E-state index contributed by atoms with van der Waals surface area (Å²) >= 11 is 0. The van der Waals surface area contributed by atoms with Crippen LogP contribution in [0.25, 0.3) is 0 Å². The molecule has 0 saturated heterocycles. The lowest BCUT2D eigenvalue weighted by molar-refractivity contribution is 0.0493. The summed E-state index contributed by atoms with van der Waals surface area (Å²) in [4.78, 5) is 14.2. The molecule has 5 nitrogen and oxygen atoms in total. The second-order valence-electron chi connectivity index (χ2n) is 6.35. The van der Waals surface area contributed by atoms with E-state index in [-0.39, 0.29) is 11.9 Å². The van der Waals surface area contributed by atoms with Gasteiger partial charge in [-0.3, -0.25) is 4.79 Å². The van der Waals surface area contributed by atoms with E-state index in [2.05, 4.69) is 28.7 Å². The molecule has 1 aromatic carbocycles. The van der Waals surface area contributed by atoms with Crippen LogP contribution in [0.15, 0.2) is 35.9 Å². The Bertz CT molecular complexity index is 666. The van der Waals surface area contributed by atoms with Crippen molar-refractivity contribution in [3.05, 3.63) is 47.0 Å². The van der Waals surface area contributed by atoms with E-state index in [0.29, 0.717) is 5.56 Å². The number of benzene rings is 1. The second-order valence-corrected chi connectivity index (χ2v) is 6.35. The van der Waals surface area contributed by atoms with E-state index in [1.165, 1.54) is 18.4 Å². The Kier molecular flexibility index (Phi) is 7.20. The number of nitrogens with one attached hydrogen (secondary N) is 2. The van der Waals surface area contributed by atoms with E-state index in [9.17, 15) is 4.79 Å². The fourth-order valence-corrected chi connectivity index (χ4v) is 2.83. The summed E-state index contributed by atoms with van der Waals surface area (Å²) < 4.78 is 0. The molecular weight excluding hydrogens is 314 g/mol. The van der Waals surface area contributed by atoms with Crippen molar-refractivity contribution in [1.29, 1.82) is 0 Å². The molecule has 134 valence electrons. The fourth-order valence-electron chi connectivity index (χ4n) is 2.83. The lowest BCUT2D eigenvalue weighted by Gasteiger charge is -2.30. The highest BCUT2D eigenvalue weighted by Gasteiger charge is 2.23. The molecule has 0 fully saturated rings. The molecule has 0 heterocycles. The third-order valence-electron chi connectivity index (χ3n) is 4.65. The largest absolute Gasteiger partial charge is 0.336 e. The zero-order valence-electron chi connectivity index (χ0n) is 15.2. The Balaban J connectivity index is 2.05. The Morgan fingerprint density at radius 2 is 1.96 bits per heavy atom. The summed E-state index contributed by atoms with van der Waals surface area (Å²) in [5.41, 5.74) is 4.89. The first-order valence-corrected chi connectivity index (χ1v) is 8.72. The summed E-state index contributed by atoms with van der Waals surface area (Å²) in [6, 6.07) is 7.13. The van der Waals surface area contributed by atoms with Gasteiger partial charge in [0.15, 0.2) is 0 Å². The van der Waals surface area contributed by atoms with Gasteiger partial charge in [-0.25, -0.2) is 0 Å². The summed E-state index contributed by atoms with van der Waals surface area (Å²) in [5.74, 6) is 6.30. The van der Waals surface area contributed by atoms with Gasteiger partial charge in [-0.05, 0) is 69.5 Å². The third-order valence-corrected chi connectivity index (χ3v) is 4.65. The monoisotopic (exact) mass is 341 g/mol. The Morgan fingerprint density at radius 1 is 1.24 bits per heavy atom. The molecule has 5 heteroatoms. The lowest BCUT2D eigenvalue weighted by atomic mass is 10.00. The molecule has 3 N–H and O–H groups in total. The van der Waals surface area contributed by atoms with Gasteiger partial charge in [0, 0.05) is 18.2 Å². The SMILES string of the molecule is CNC(NO)C(C)N(C)C(=O)c1ccc(C#CC2=CCCCC2)cc1. The highest BCUT2D eigenvalue weighted by atomic mass is 16.5. The third kappa shape index (κ3) is 5.17. The minimum Gasteiger partial charge on any atom is -0.336 e. The van der Waals surface area contributed by atoms with Crippen molar-refractivity contribution in [2.75, 3.05) is 14.1 Å². The van der Waals surface area contributed by atoms with Gasteiger partial charge < -0.3 is 15.4 Å². The zero-order valence-corrected chi connectivity index (χ0v) is 15.2. The van der Waals surface area contributed by atoms with E-state index < -0.39 is 6.17 Å².